The van der Waals surface area contributed by atoms with Gasteiger partial charge in [-0.1, -0.05) is 12.1 Å². The predicted molar refractivity (Wildman–Crippen MR) is 97.3 cm³/mol. The molecule has 0 spiro atoms. The van der Waals surface area contributed by atoms with Gasteiger partial charge in [-0.15, -0.1) is 0 Å². The smallest absolute Gasteiger partial charge is 0.255 e. The fourth-order valence-corrected chi connectivity index (χ4v) is 3.87. The van der Waals surface area contributed by atoms with Crippen molar-refractivity contribution in [2.45, 2.75) is 38.4 Å². The molecule has 1 saturated heterocycles. The van der Waals surface area contributed by atoms with E-state index in [9.17, 15) is 14.4 Å². The number of carbonyl (C=O) groups excluding carboxylic acids is 3. The summed E-state index contributed by atoms with van der Waals surface area (Å²) >= 11 is 0. The lowest BCUT2D eigenvalue weighted by molar-refractivity contribution is -0.136. The number of imide groups is 1. The maximum Gasteiger partial charge on any atom is 0.255 e. The highest BCUT2D eigenvalue weighted by atomic mass is 16.2. The first-order chi connectivity index (χ1) is 12.9. The summed E-state index contributed by atoms with van der Waals surface area (Å²) in [5.74, 6) is -0.895. The van der Waals surface area contributed by atoms with Crippen molar-refractivity contribution in [3.05, 3.63) is 41.1 Å². The lowest BCUT2D eigenvalue weighted by Crippen LogP contribution is -2.52. The summed E-state index contributed by atoms with van der Waals surface area (Å²) in [4.78, 5) is 38.1. The van der Waals surface area contributed by atoms with E-state index < -0.39 is 11.9 Å². The zero-order valence-corrected chi connectivity index (χ0v) is 15.2. The highest BCUT2D eigenvalue weighted by Gasteiger charge is 2.40. The summed E-state index contributed by atoms with van der Waals surface area (Å²) in [6.45, 7) is 2.21. The van der Waals surface area contributed by atoms with Gasteiger partial charge in [0.15, 0.2) is 0 Å². The molecule has 2 aromatic rings. The van der Waals surface area contributed by atoms with Gasteiger partial charge < -0.3 is 10.6 Å². The van der Waals surface area contributed by atoms with Gasteiger partial charge in [-0.25, -0.2) is 0 Å². The molecule has 8 nitrogen and oxygen atoms in total. The van der Waals surface area contributed by atoms with Crippen molar-refractivity contribution in [2.24, 2.45) is 12.8 Å². The molecular formula is C19H21N5O3. The van der Waals surface area contributed by atoms with Crippen LogP contribution in [0.25, 0.3) is 11.3 Å². The number of nitrogens with two attached hydrogens (primary N) is 1. The van der Waals surface area contributed by atoms with E-state index in [0.717, 1.165) is 22.5 Å². The van der Waals surface area contributed by atoms with Gasteiger partial charge in [0.2, 0.25) is 11.8 Å². The van der Waals surface area contributed by atoms with Crippen LogP contribution in [-0.2, 0) is 23.2 Å². The number of aryl methyl sites for hydroxylation is 1. The first-order valence-corrected chi connectivity index (χ1v) is 8.93. The van der Waals surface area contributed by atoms with Crippen LogP contribution in [-0.4, -0.2) is 38.4 Å². The van der Waals surface area contributed by atoms with Crippen LogP contribution in [0, 0.1) is 0 Å². The van der Waals surface area contributed by atoms with Crippen molar-refractivity contribution in [3.63, 3.8) is 0 Å². The molecule has 27 heavy (non-hydrogen) atoms. The van der Waals surface area contributed by atoms with Crippen LogP contribution in [0.5, 0.6) is 0 Å². The number of aromatic nitrogens is 2. The summed E-state index contributed by atoms with van der Waals surface area (Å²) in [5.41, 5.74) is 9.92. The Kier molecular flexibility index (Phi) is 4.07. The average molecular weight is 367 g/mol. The Balaban J connectivity index is 1.70. The molecule has 3 N–H and O–H groups in total. The van der Waals surface area contributed by atoms with Crippen LogP contribution in [0.3, 0.4) is 0 Å². The number of nitrogens with zero attached hydrogens (tertiary/aromatic N) is 3. The predicted octanol–water partition coefficient (Wildman–Crippen LogP) is 0.868. The van der Waals surface area contributed by atoms with E-state index in [1.54, 1.807) is 15.6 Å². The zero-order chi connectivity index (χ0) is 19.3. The third kappa shape index (κ3) is 2.82. The van der Waals surface area contributed by atoms with E-state index in [4.69, 9.17) is 5.73 Å². The number of hydrogen-bond donors (Lipinski definition) is 2. The number of rotatable bonds is 3. The number of amides is 3. The average Bonchev–Trinajstić information content (AvgIpc) is 3.16. The number of nitrogens with one attached hydrogen (secondary N) is 1. The van der Waals surface area contributed by atoms with Gasteiger partial charge in [-0.05, 0) is 31.0 Å². The Hall–Kier alpha value is -3.00. The Morgan fingerprint density at radius 1 is 1.26 bits per heavy atom. The quantitative estimate of drug-likeness (QED) is 0.782. The summed E-state index contributed by atoms with van der Waals surface area (Å²) in [5, 5.41) is 6.87. The summed E-state index contributed by atoms with van der Waals surface area (Å²) in [6.07, 6.45) is 0.583. The molecular weight excluding hydrogens is 346 g/mol. The maximum absolute atomic E-state index is 12.9. The molecule has 2 atom stereocenters. The minimum absolute atomic E-state index is 0.158. The van der Waals surface area contributed by atoms with E-state index >= 15 is 0 Å². The molecule has 8 heteroatoms. The molecule has 3 heterocycles. The molecule has 140 valence electrons. The van der Waals surface area contributed by atoms with Gasteiger partial charge in [0.1, 0.15) is 6.04 Å². The van der Waals surface area contributed by atoms with Gasteiger partial charge in [0, 0.05) is 37.2 Å². The minimum Gasteiger partial charge on any atom is -0.323 e. The summed E-state index contributed by atoms with van der Waals surface area (Å²) < 4.78 is 1.74. The highest BCUT2D eigenvalue weighted by Crippen LogP contribution is 2.34. The van der Waals surface area contributed by atoms with Crippen molar-refractivity contribution < 1.29 is 14.4 Å². The third-order valence-electron chi connectivity index (χ3n) is 5.24. The largest absolute Gasteiger partial charge is 0.323 e. The SMILES string of the molecule is C[C@H](N)c1cc(-c2cccc3c2CN(C2CCC(=O)NC2=O)C3=O)nn1C. The van der Waals surface area contributed by atoms with E-state index in [2.05, 4.69) is 10.4 Å². The molecule has 0 bridgehead atoms. The second-order valence-electron chi connectivity index (χ2n) is 7.10. The van der Waals surface area contributed by atoms with Crippen molar-refractivity contribution in [2.75, 3.05) is 0 Å². The van der Waals surface area contributed by atoms with E-state index in [0.29, 0.717) is 18.5 Å². The molecule has 3 amide bonds. The number of fused-ring (bicyclic) bond motifs is 1. The van der Waals surface area contributed by atoms with E-state index in [1.165, 1.54) is 0 Å². The van der Waals surface area contributed by atoms with Crippen molar-refractivity contribution >= 4 is 17.7 Å². The first kappa shape index (κ1) is 17.4. The van der Waals surface area contributed by atoms with E-state index in [-0.39, 0.29) is 24.3 Å². The molecule has 1 fully saturated rings. The van der Waals surface area contributed by atoms with E-state index in [1.807, 2.05) is 32.2 Å². The van der Waals surface area contributed by atoms with Crippen LogP contribution in [0.2, 0.25) is 0 Å². The zero-order valence-electron chi connectivity index (χ0n) is 15.2. The van der Waals surface area contributed by atoms with Crippen molar-refractivity contribution in [1.29, 1.82) is 0 Å². The molecule has 1 aromatic carbocycles. The molecule has 1 unspecified atom stereocenters. The minimum atomic E-state index is -0.626. The van der Waals surface area contributed by atoms with Crippen LogP contribution in [0.15, 0.2) is 24.3 Å². The van der Waals surface area contributed by atoms with Crippen LogP contribution in [0.4, 0.5) is 0 Å². The fourth-order valence-electron chi connectivity index (χ4n) is 3.87. The standard InChI is InChI=1S/C19H21N5O3/c1-10(20)16-8-14(22-23(16)2)11-4-3-5-12-13(11)9-24(19(12)27)15-6-7-17(25)21-18(15)26/h3-5,8,10,15H,6-7,9,20H2,1-2H3,(H,21,25,26)/t10-,15?/m0/s1. The lowest BCUT2D eigenvalue weighted by Gasteiger charge is -2.29. The summed E-state index contributed by atoms with van der Waals surface area (Å²) in [6, 6.07) is 6.66. The summed E-state index contributed by atoms with van der Waals surface area (Å²) in [7, 11) is 1.84. The molecule has 0 saturated carbocycles. The number of carbonyl (C=O) groups is 3. The Bertz CT molecular complexity index is 962. The van der Waals surface area contributed by atoms with Crippen LogP contribution in [0.1, 0.15) is 47.4 Å². The second-order valence-corrected chi connectivity index (χ2v) is 7.10. The van der Waals surface area contributed by atoms with Gasteiger partial charge in [-0.3, -0.25) is 24.4 Å². The molecule has 2 aliphatic heterocycles. The topological polar surface area (TPSA) is 110 Å². The van der Waals surface area contributed by atoms with Gasteiger partial charge in [0.25, 0.3) is 5.91 Å². The molecule has 4 rings (SSSR count). The normalized spacial score (nSPS) is 20.6. The number of piperidine rings is 1. The Morgan fingerprint density at radius 3 is 2.67 bits per heavy atom. The highest BCUT2D eigenvalue weighted by molar-refractivity contribution is 6.06. The monoisotopic (exact) mass is 367 g/mol. The third-order valence-corrected chi connectivity index (χ3v) is 5.24. The first-order valence-electron chi connectivity index (χ1n) is 8.93. The molecule has 1 aromatic heterocycles. The van der Waals surface area contributed by atoms with Gasteiger partial charge >= 0.3 is 0 Å². The Labute approximate surface area is 156 Å². The van der Waals surface area contributed by atoms with Crippen molar-refractivity contribution in [3.8, 4) is 11.3 Å². The molecule has 0 radical (unpaired) electrons. The number of hydrogen-bond acceptors (Lipinski definition) is 5. The van der Waals surface area contributed by atoms with Crippen molar-refractivity contribution in [1.82, 2.24) is 20.0 Å². The van der Waals surface area contributed by atoms with Gasteiger partial charge in [-0.2, -0.15) is 5.10 Å². The lowest BCUT2D eigenvalue weighted by atomic mass is 10.0. The Morgan fingerprint density at radius 2 is 2.00 bits per heavy atom. The number of benzene rings is 1. The van der Waals surface area contributed by atoms with Crippen LogP contribution >= 0.6 is 0 Å². The fraction of sp³-hybridized carbons (Fsp3) is 0.368. The maximum atomic E-state index is 12.9. The van der Waals surface area contributed by atoms with Gasteiger partial charge in [0.05, 0.1) is 11.4 Å². The second kappa shape index (κ2) is 6.31. The van der Waals surface area contributed by atoms with Crippen LogP contribution < -0.4 is 11.1 Å². The molecule has 2 aliphatic rings. The molecule has 0 aliphatic carbocycles.